The molecule has 2 heteroatoms. The van der Waals surface area contributed by atoms with Crippen molar-refractivity contribution in [3.63, 3.8) is 0 Å². The number of rotatable bonds is 4. The lowest BCUT2D eigenvalue weighted by atomic mass is 9.82. The summed E-state index contributed by atoms with van der Waals surface area (Å²) in [5, 5.41) is 9.93. The van der Waals surface area contributed by atoms with Crippen LogP contribution in [0.5, 0.6) is 5.75 Å². The Hall–Kier alpha value is -1.02. The van der Waals surface area contributed by atoms with Crippen molar-refractivity contribution in [1.82, 2.24) is 0 Å². The molecule has 1 aliphatic carbocycles. The van der Waals surface area contributed by atoms with E-state index in [4.69, 9.17) is 4.74 Å². The molecule has 0 aliphatic heterocycles. The Morgan fingerprint density at radius 2 is 1.79 bits per heavy atom. The number of ether oxygens (including phenoxy) is 1. The van der Waals surface area contributed by atoms with E-state index >= 15 is 0 Å². The van der Waals surface area contributed by atoms with Gasteiger partial charge in [-0.05, 0) is 48.8 Å². The molecule has 1 fully saturated rings. The Labute approximate surface area is 116 Å². The zero-order valence-electron chi connectivity index (χ0n) is 12.4. The normalized spacial score (nSPS) is 24.2. The van der Waals surface area contributed by atoms with Crippen molar-refractivity contribution in [3.8, 4) is 5.75 Å². The molecule has 1 aromatic rings. The fraction of sp³-hybridized carbons (Fsp3) is 0.647. The molecule has 2 atom stereocenters. The summed E-state index contributed by atoms with van der Waals surface area (Å²) in [6.45, 7) is 6.73. The molecule has 0 radical (unpaired) electrons. The van der Waals surface area contributed by atoms with Crippen LogP contribution in [0.1, 0.15) is 58.4 Å². The van der Waals surface area contributed by atoms with E-state index in [1.165, 1.54) is 5.56 Å². The largest absolute Gasteiger partial charge is 0.488 e. The van der Waals surface area contributed by atoms with Gasteiger partial charge in [0.2, 0.25) is 0 Å². The highest BCUT2D eigenvalue weighted by Crippen LogP contribution is 2.29. The summed E-state index contributed by atoms with van der Waals surface area (Å²) in [6, 6.07) is 8.37. The third kappa shape index (κ3) is 3.50. The van der Waals surface area contributed by atoms with E-state index in [0.717, 1.165) is 37.9 Å². The van der Waals surface area contributed by atoms with E-state index in [1.807, 2.05) is 12.1 Å². The highest BCUT2D eigenvalue weighted by atomic mass is 16.5. The molecule has 0 saturated heterocycles. The van der Waals surface area contributed by atoms with Crippen LogP contribution in [0, 0.1) is 0 Å². The smallest absolute Gasteiger partial charge is 0.124 e. The van der Waals surface area contributed by atoms with E-state index in [9.17, 15) is 5.11 Å². The second-order valence-electron chi connectivity index (χ2n) is 6.27. The second-order valence-corrected chi connectivity index (χ2v) is 6.27. The van der Waals surface area contributed by atoms with E-state index in [2.05, 4.69) is 32.9 Å². The number of aliphatic hydroxyl groups excluding tert-OH is 1. The summed E-state index contributed by atoms with van der Waals surface area (Å²) < 4.78 is 5.92. The van der Waals surface area contributed by atoms with E-state index < -0.39 is 0 Å². The Bertz CT molecular complexity index is 394. The summed E-state index contributed by atoms with van der Waals surface area (Å²) in [6.07, 6.45) is 4.89. The summed E-state index contributed by atoms with van der Waals surface area (Å²) in [5.74, 6) is 0.876. The van der Waals surface area contributed by atoms with Crippen molar-refractivity contribution in [1.29, 1.82) is 0 Å². The Morgan fingerprint density at radius 1 is 1.16 bits per heavy atom. The van der Waals surface area contributed by atoms with Crippen LogP contribution in [0.3, 0.4) is 0 Å². The van der Waals surface area contributed by atoms with Crippen LogP contribution in [0.25, 0.3) is 0 Å². The summed E-state index contributed by atoms with van der Waals surface area (Å²) >= 11 is 0. The lowest BCUT2D eigenvalue weighted by Gasteiger charge is -2.28. The molecule has 2 rings (SSSR count). The molecule has 0 amide bonds. The van der Waals surface area contributed by atoms with Gasteiger partial charge in [0, 0.05) is 0 Å². The van der Waals surface area contributed by atoms with Crippen molar-refractivity contribution >= 4 is 0 Å². The van der Waals surface area contributed by atoms with Gasteiger partial charge in [-0.1, -0.05) is 39.3 Å². The SMILES string of the molecule is CCC(C)(C)c1ccc(O[C@@H]2CCCC[C@H]2O)cc1. The van der Waals surface area contributed by atoms with Crippen LogP contribution in [0.15, 0.2) is 24.3 Å². The van der Waals surface area contributed by atoms with Gasteiger partial charge in [0.1, 0.15) is 11.9 Å². The molecule has 0 spiro atoms. The van der Waals surface area contributed by atoms with Crippen molar-refractivity contribution < 1.29 is 9.84 Å². The molecule has 1 saturated carbocycles. The summed E-state index contributed by atoms with van der Waals surface area (Å²) in [5.41, 5.74) is 1.55. The zero-order chi connectivity index (χ0) is 13.9. The van der Waals surface area contributed by atoms with Crippen LogP contribution in [0.4, 0.5) is 0 Å². The van der Waals surface area contributed by atoms with Crippen LogP contribution in [0.2, 0.25) is 0 Å². The maximum Gasteiger partial charge on any atom is 0.124 e. The van der Waals surface area contributed by atoms with Gasteiger partial charge in [0.25, 0.3) is 0 Å². The predicted molar refractivity (Wildman–Crippen MR) is 78.6 cm³/mol. The van der Waals surface area contributed by atoms with Gasteiger partial charge in [-0.15, -0.1) is 0 Å². The first kappa shape index (κ1) is 14.4. The van der Waals surface area contributed by atoms with Gasteiger partial charge >= 0.3 is 0 Å². The molecular formula is C17H26O2. The van der Waals surface area contributed by atoms with Crippen LogP contribution in [-0.2, 0) is 5.41 Å². The average Bonchev–Trinajstić information content (AvgIpc) is 2.42. The molecule has 19 heavy (non-hydrogen) atoms. The summed E-state index contributed by atoms with van der Waals surface area (Å²) in [4.78, 5) is 0. The molecule has 0 heterocycles. The number of hydrogen-bond acceptors (Lipinski definition) is 2. The van der Waals surface area contributed by atoms with Gasteiger partial charge < -0.3 is 9.84 Å². The highest BCUT2D eigenvalue weighted by molar-refractivity contribution is 5.31. The Morgan fingerprint density at radius 3 is 2.37 bits per heavy atom. The van der Waals surface area contributed by atoms with Gasteiger partial charge in [-0.3, -0.25) is 0 Å². The first-order valence-electron chi connectivity index (χ1n) is 7.48. The minimum absolute atomic E-state index is 0.0289. The van der Waals surface area contributed by atoms with Crippen molar-refractivity contribution in [3.05, 3.63) is 29.8 Å². The minimum atomic E-state index is -0.305. The minimum Gasteiger partial charge on any atom is -0.488 e. The molecule has 0 aromatic heterocycles. The molecule has 2 nitrogen and oxygen atoms in total. The number of aliphatic hydroxyl groups is 1. The van der Waals surface area contributed by atoms with E-state index in [-0.39, 0.29) is 17.6 Å². The number of benzene rings is 1. The van der Waals surface area contributed by atoms with Crippen LogP contribution < -0.4 is 4.74 Å². The topological polar surface area (TPSA) is 29.5 Å². The Balaban J connectivity index is 2.02. The fourth-order valence-corrected chi connectivity index (χ4v) is 2.58. The lowest BCUT2D eigenvalue weighted by molar-refractivity contribution is 0.00686. The molecule has 0 unspecified atom stereocenters. The molecule has 1 aromatic carbocycles. The summed E-state index contributed by atoms with van der Waals surface area (Å²) in [7, 11) is 0. The number of hydrogen-bond donors (Lipinski definition) is 1. The first-order valence-corrected chi connectivity index (χ1v) is 7.48. The molecule has 0 bridgehead atoms. The highest BCUT2D eigenvalue weighted by Gasteiger charge is 2.25. The van der Waals surface area contributed by atoms with Crippen LogP contribution in [-0.4, -0.2) is 17.3 Å². The molecular weight excluding hydrogens is 236 g/mol. The van der Waals surface area contributed by atoms with Gasteiger partial charge in [-0.2, -0.15) is 0 Å². The third-order valence-corrected chi connectivity index (χ3v) is 4.47. The zero-order valence-corrected chi connectivity index (χ0v) is 12.4. The van der Waals surface area contributed by atoms with Crippen molar-refractivity contribution in [2.24, 2.45) is 0 Å². The fourth-order valence-electron chi connectivity index (χ4n) is 2.58. The monoisotopic (exact) mass is 262 g/mol. The first-order chi connectivity index (χ1) is 9.03. The quantitative estimate of drug-likeness (QED) is 0.886. The predicted octanol–water partition coefficient (Wildman–Crippen LogP) is 4.06. The second kappa shape index (κ2) is 5.96. The average molecular weight is 262 g/mol. The molecule has 106 valence electrons. The van der Waals surface area contributed by atoms with Gasteiger partial charge in [0.05, 0.1) is 6.10 Å². The molecule has 1 aliphatic rings. The molecule has 1 N–H and O–H groups in total. The van der Waals surface area contributed by atoms with Crippen molar-refractivity contribution in [2.75, 3.05) is 0 Å². The Kier molecular flexibility index (Phi) is 4.51. The van der Waals surface area contributed by atoms with Crippen molar-refractivity contribution in [2.45, 2.75) is 70.5 Å². The maximum absolute atomic E-state index is 9.93. The van der Waals surface area contributed by atoms with E-state index in [1.54, 1.807) is 0 Å². The van der Waals surface area contributed by atoms with Crippen LogP contribution >= 0.6 is 0 Å². The maximum atomic E-state index is 9.93. The van der Waals surface area contributed by atoms with Gasteiger partial charge in [0.15, 0.2) is 0 Å². The standard InChI is InChI=1S/C17H26O2/c1-4-17(2,3)13-9-11-14(12-10-13)19-16-8-6-5-7-15(16)18/h9-12,15-16,18H,4-8H2,1-3H3/t15-,16-/m1/s1. The van der Waals surface area contributed by atoms with E-state index in [0.29, 0.717) is 0 Å². The third-order valence-electron chi connectivity index (χ3n) is 4.47. The van der Waals surface area contributed by atoms with Gasteiger partial charge in [-0.25, -0.2) is 0 Å². The lowest BCUT2D eigenvalue weighted by Crippen LogP contribution is -2.34.